The third-order valence-corrected chi connectivity index (χ3v) is 5.76. The SMILES string of the molecule is C[C@@]12C(=O)N(CC[N+](C)(C)C)C(=O)[C@@]1(C)[C@H]1CC[C@@H]2O1. The van der Waals surface area contributed by atoms with Crippen molar-refractivity contribution in [2.75, 3.05) is 34.2 Å². The fourth-order valence-electron chi connectivity index (χ4n) is 4.13. The second-order valence-corrected chi connectivity index (χ2v) is 7.87. The predicted octanol–water partition coefficient (Wildman–Crippen LogP) is 0.635. The van der Waals surface area contributed by atoms with Crippen LogP contribution in [0.5, 0.6) is 0 Å². The number of nitrogens with zero attached hydrogens (tertiary/aromatic N) is 2. The van der Waals surface area contributed by atoms with Crippen molar-refractivity contribution in [1.29, 1.82) is 0 Å². The molecule has 112 valence electrons. The highest BCUT2D eigenvalue weighted by Crippen LogP contribution is 2.64. The molecule has 0 spiro atoms. The molecule has 0 aliphatic carbocycles. The maximum atomic E-state index is 12.8. The van der Waals surface area contributed by atoms with Crippen LogP contribution in [-0.2, 0) is 14.3 Å². The maximum absolute atomic E-state index is 12.8. The summed E-state index contributed by atoms with van der Waals surface area (Å²) in [7, 11) is 6.21. The Labute approximate surface area is 120 Å². The summed E-state index contributed by atoms with van der Waals surface area (Å²) in [5.41, 5.74) is -1.31. The molecular weight excluding hydrogens is 256 g/mol. The first-order chi connectivity index (χ1) is 9.12. The number of hydrogen-bond acceptors (Lipinski definition) is 3. The number of quaternary nitrogens is 1. The van der Waals surface area contributed by atoms with Crippen molar-refractivity contribution in [1.82, 2.24) is 4.90 Å². The average molecular weight is 281 g/mol. The van der Waals surface area contributed by atoms with Crippen molar-refractivity contribution in [2.24, 2.45) is 10.8 Å². The number of ether oxygens (including phenoxy) is 1. The minimum Gasteiger partial charge on any atom is -0.373 e. The van der Waals surface area contributed by atoms with Crippen LogP contribution < -0.4 is 0 Å². The van der Waals surface area contributed by atoms with E-state index in [1.165, 1.54) is 4.90 Å². The van der Waals surface area contributed by atoms with E-state index < -0.39 is 10.8 Å². The highest BCUT2D eigenvalue weighted by atomic mass is 16.5. The van der Waals surface area contributed by atoms with Gasteiger partial charge >= 0.3 is 0 Å². The maximum Gasteiger partial charge on any atom is 0.239 e. The molecule has 3 aliphatic heterocycles. The van der Waals surface area contributed by atoms with Gasteiger partial charge in [0.2, 0.25) is 11.8 Å². The Morgan fingerprint density at radius 3 is 1.95 bits per heavy atom. The Bertz CT molecular complexity index is 450. The van der Waals surface area contributed by atoms with Crippen LogP contribution in [0.25, 0.3) is 0 Å². The summed E-state index contributed by atoms with van der Waals surface area (Å²) >= 11 is 0. The lowest BCUT2D eigenvalue weighted by Crippen LogP contribution is -2.48. The van der Waals surface area contributed by atoms with Crippen LogP contribution in [0.3, 0.4) is 0 Å². The van der Waals surface area contributed by atoms with Crippen LogP contribution in [0.4, 0.5) is 0 Å². The fourth-order valence-corrected chi connectivity index (χ4v) is 4.13. The van der Waals surface area contributed by atoms with Crippen LogP contribution in [0.1, 0.15) is 26.7 Å². The minimum absolute atomic E-state index is 0.0225. The lowest BCUT2D eigenvalue weighted by Gasteiger charge is -2.36. The van der Waals surface area contributed by atoms with Crippen LogP contribution in [0, 0.1) is 10.8 Å². The van der Waals surface area contributed by atoms with E-state index >= 15 is 0 Å². The summed E-state index contributed by atoms with van der Waals surface area (Å²) in [6.07, 6.45) is 1.64. The predicted molar refractivity (Wildman–Crippen MR) is 73.7 cm³/mol. The number of likely N-dealkylation sites (tertiary alicyclic amines) is 1. The van der Waals surface area contributed by atoms with Gasteiger partial charge in [-0.3, -0.25) is 14.5 Å². The van der Waals surface area contributed by atoms with Gasteiger partial charge in [-0.05, 0) is 26.7 Å². The second kappa shape index (κ2) is 3.83. The topological polar surface area (TPSA) is 46.6 Å². The van der Waals surface area contributed by atoms with Gasteiger partial charge in [-0.2, -0.15) is 0 Å². The molecule has 3 fully saturated rings. The van der Waals surface area contributed by atoms with Crippen LogP contribution in [0.15, 0.2) is 0 Å². The molecule has 0 aromatic heterocycles. The van der Waals surface area contributed by atoms with Crippen LogP contribution in [-0.4, -0.2) is 67.6 Å². The zero-order valence-corrected chi connectivity index (χ0v) is 13.1. The fraction of sp³-hybridized carbons (Fsp3) is 0.867. The number of rotatable bonds is 3. The Morgan fingerprint density at radius 1 is 1.10 bits per heavy atom. The number of likely N-dealkylation sites (N-methyl/N-ethyl adjacent to an activating group) is 1. The van der Waals surface area contributed by atoms with Crippen molar-refractivity contribution in [2.45, 2.75) is 38.9 Å². The molecule has 0 aromatic carbocycles. The monoisotopic (exact) mass is 281 g/mol. The van der Waals surface area contributed by atoms with Crippen molar-refractivity contribution in [3.63, 3.8) is 0 Å². The third-order valence-electron chi connectivity index (χ3n) is 5.76. The van der Waals surface area contributed by atoms with Crippen LogP contribution >= 0.6 is 0 Å². The number of imide groups is 1. The standard InChI is InChI=1S/C15H25N2O3/c1-14-10-6-7-11(20-10)15(14,2)13(19)16(12(14)18)8-9-17(3,4)5/h10-11H,6-9H2,1-5H3/q+1/t10-,11+,14-,15-/m1/s1. The van der Waals surface area contributed by atoms with Gasteiger partial charge in [-0.15, -0.1) is 0 Å². The van der Waals surface area contributed by atoms with Crippen molar-refractivity contribution in [3.8, 4) is 0 Å². The van der Waals surface area contributed by atoms with Crippen molar-refractivity contribution < 1.29 is 18.8 Å². The lowest BCUT2D eigenvalue weighted by atomic mass is 9.59. The lowest BCUT2D eigenvalue weighted by molar-refractivity contribution is -0.869. The van der Waals surface area contributed by atoms with Gasteiger partial charge in [0.25, 0.3) is 0 Å². The molecule has 0 saturated carbocycles. The normalized spacial score (nSPS) is 43.5. The largest absolute Gasteiger partial charge is 0.373 e. The summed E-state index contributed by atoms with van der Waals surface area (Å²) in [6.45, 7) is 5.15. The molecule has 4 atom stereocenters. The molecule has 3 heterocycles. The van der Waals surface area contributed by atoms with E-state index in [9.17, 15) is 9.59 Å². The average Bonchev–Trinajstić information content (AvgIpc) is 2.94. The highest BCUT2D eigenvalue weighted by molar-refractivity contribution is 6.10. The summed E-state index contributed by atoms with van der Waals surface area (Å²) in [6, 6.07) is 0. The Kier molecular flexibility index (Phi) is 2.68. The molecule has 0 aromatic rings. The first-order valence-corrected chi connectivity index (χ1v) is 7.44. The molecule has 2 bridgehead atoms. The zero-order valence-electron chi connectivity index (χ0n) is 13.1. The van der Waals surface area contributed by atoms with Crippen LogP contribution in [0.2, 0.25) is 0 Å². The molecule has 2 amide bonds. The van der Waals surface area contributed by atoms with E-state index in [2.05, 4.69) is 21.1 Å². The molecule has 0 radical (unpaired) electrons. The van der Waals surface area contributed by atoms with Crippen molar-refractivity contribution in [3.05, 3.63) is 0 Å². The van der Waals surface area contributed by atoms with Gasteiger partial charge in [0.15, 0.2) is 0 Å². The van der Waals surface area contributed by atoms with E-state index in [1.807, 2.05) is 13.8 Å². The Morgan fingerprint density at radius 2 is 1.55 bits per heavy atom. The summed E-state index contributed by atoms with van der Waals surface area (Å²) < 4.78 is 6.65. The zero-order chi connectivity index (χ0) is 14.9. The number of amides is 2. The summed E-state index contributed by atoms with van der Waals surface area (Å²) in [4.78, 5) is 27.2. The van der Waals surface area contributed by atoms with Gasteiger partial charge < -0.3 is 9.22 Å². The second-order valence-electron chi connectivity index (χ2n) is 7.87. The summed E-state index contributed by atoms with van der Waals surface area (Å²) in [5.74, 6) is -0.0451. The molecule has 0 N–H and O–H groups in total. The molecule has 20 heavy (non-hydrogen) atoms. The van der Waals surface area contributed by atoms with E-state index in [4.69, 9.17) is 4.74 Å². The number of carbonyl (C=O) groups is 2. The van der Waals surface area contributed by atoms with Gasteiger partial charge in [0.1, 0.15) is 0 Å². The molecule has 3 aliphatic rings. The van der Waals surface area contributed by atoms with E-state index in [0.717, 1.165) is 23.9 Å². The highest BCUT2D eigenvalue weighted by Gasteiger charge is 2.76. The summed E-state index contributed by atoms with van der Waals surface area (Å²) in [5, 5.41) is 0. The van der Waals surface area contributed by atoms with Gasteiger partial charge in [0.05, 0.1) is 57.3 Å². The quantitative estimate of drug-likeness (QED) is 0.563. The van der Waals surface area contributed by atoms with E-state index in [0.29, 0.717) is 6.54 Å². The molecule has 3 rings (SSSR count). The van der Waals surface area contributed by atoms with Gasteiger partial charge in [-0.25, -0.2) is 0 Å². The van der Waals surface area contributed by atoms with Gasteiger partial charge in [-0.1, -0.05) is 0 Å². The number of carbonyl (C=O) groups excluding carboxylic acids is 2. The molecule has 3 saturated heterocycles. The van der Waals surface area contributed by atoms with E-state index in [1.54, 1.807) is 0 Å². The first kappa shape index (κ1) is 14.0. The van der Waals surface area contributed by atoms with Crippen molar-refractivity contribution >= 4 is 11.8 Å². The van der Waals surface area contributed by atoms with E-state index in [-0.39, 0.29) is 24.0 Å². The number of hydrogen-bond donors (Lipinski definition) is 0. The Hall–Kier alpha value is -0.940. The smallest absolute Gasteiger partial charge is 0.239 e. The van der Waals surface area contributed by atoms with Gasteiger partial charge in [0, 0.05) is 0 Å². The molecular formula is C15H25N2O3+. The molecule has 0 unspecified atom stereocenters. The minimum atomic E-state index is -0.655. The first-order valence-electron chi connectivity index (χ1n) is 7.44. The number of fused-ring (bicyclic) bond motifs is 5. The third kappa shape index (κ3) is 1.45. The molecule has 5 nitrogen and oxygen atoms in total. The Balaban J connectivity index is 1.91. The molecule has 5 heteroatoms.